The van der Waals surface area contributed by atoms with E-state index in [1.165, 1.54) is 23.2 Å². The fraction of sp³-hybridized carbons (Fsp3) is 0.429. The lowest BCUT2D eigenvalue weighted by Gasteiger charge is -2.25. The average Bonchev–Trinajstić information content (AvgIpc) is 2.86. The number of halogens is 1. The molecule has 0 aliphatic rings. The molecule has 2 aromatic carbocycles. The molecule has 3 aromatic rings. The summed E-state index contributed by atoms with van der Waals surface area (Å²) in [5, 5.41) is 9.98. The first-order valence-electron chi connectivity index (χ1n) is 12.3. The van der Waals surface area contributed by atoms with Gasteiger partial charge < -0.3 is 9.30 Å². The summed E-state index contributed by atoms with van der Waals surface area (Å²) in [6.07, 6.45) is 4.66. The molecule has 0 bridgehead atoms. The van der Waals surface area contributed by atoms with Crippen molar-refractivity contribution >= 4 is 26.5 Å². The van der Waals surface area contributed by atoms with E-state index < -0.39 is 20.5 Å². The van der Waals surface area contributed by atoms with Gasteiger partial charge in [0.15, 0.2) is 14.6 Å². The Morgan fingerprint density at radius 3 is 2.42 bits per heavy atom. The van der Waals surface area contributed by atoms with Crippen LogP contribution in [0.4, 0.5) is 4.39 Å². The van der Waals surface area contributed by atoms with Crippen LogP contribution in [0.3, 0.4) is 0 Å². The summed E-state index contributed by atoms with van der Waals surface area (Å²) in [6, 6.07) is 11.9. The van der Waals surface area contributed by atoms with Crippen LogP contribution in [0.25, 0.3) is 21.9 Å². The summed E-state index contributed by atoms with van der Waals surface area (Å²) in [5.41, 5.74) is 2.77. The minimum Gasteiger partial charge on any atom is -0.379 e. The number of carbonyl (C=O) groups is 1. The number of carbonyl (C=O) groups excluding carboxylic acids is 1. The van der Waals surface area contributed by atoms with Crippen molar-refractivity contribution in [3.63, 3.8) is 0 Å². The van der Waals surface area contributed by atoms with Crippen LogP contribution < -0.4 is 11.0 Å². The maximum Gasteiger partial charge on any atom is 0.264 e. The van der Waals surface area contributed by atoms with E-state index in [0.29, 0.717) is 21.9 Å². The molecule has 0 aliphatic heterocycles. The van der Waals surface area contributed by atoms with E-state index in [1.54, 1.807) is 43.5 Å². The van der Waals surface area contributed by atoms with Crippen LogP contribution in [0.1, 0.15) is 45.6 Å². The average molecular weight is 547 g/mol. The number of nitrogens with zero attached hydrogens (tertiary/aromatic N) is 1. The minimum atomic E-state index is -3.89. The van der Waals surface area contributed by atoms with Gasteiger partial charge >= 0.3 is 0 Å². The molecule has 3 rings (SSSR count). The number of hydrogen-bond acceptors (Lipinski definition) is 6. The largest absolute Gasteiger partial charge is 0.379 e. The maximum atomic E-state index is 15.0. The van der Waals surface area contributed by atoms with Crippen molar-refractivity contribution in [2.75, 3.05) is 13.4 Å². The molecule has 0 saturated carbocycles. The van der Waals surface area contributed by atoms with Crippen molar-refractivity contribution in [3.05, 3.63) is 70.4 Å². The van der Waals surface area contributed by atoms with Crippen molar-refractivity contribution in [3.8, 4) is 11.1 Å². The SMILES string of the molecule is COC(C)(C)CCCc1ccc(-c2ccc3c(=O)n(CC[C@](C)(C(=O)NO)S(C)(=O)=O)ccc3c2)c(F)c1. The van der Waals surface area contributed by atoms with Crippen LogP contribution >= 0.6 is 0 Å². The second-order valence-corrected chi connectivity index (χ2v) is 12.9. The predicted molar refractivity (Wildman–Crippen MR) is 145 cm³/mol. The van der Waals surface area contributed by atoms with Gasteiger partial charge in [-0.25, -0.2) is 18.3 Å². The molecular formula is C28H35FN2O6S. The molecule has 38 heavy (non-hydrogen) atoms. The summed E-state index contributed by atoms with van der Waals surface area (Å²) in [4.78, 5) is 25.1. The number of pyridine rings is 1. The van der Waals surface area contributed by atoms with Gasteiger partial charge in [0.05, 0.1) is 5.60 Å². The number of sulfone groups is 1. The van der Waals surface area contributed by atoms with Crippen molar-refractivity contribution in [2.45, 2.75) is 63.3 Å². The number of benzene rings is 2. The molecule has 10 heteroatoms. The van der Waals surface area contributed by atoms with Crippen molar-refractivity contribution < 1.29 is 27.5 Å². The Labute approximate surface area is 222 Å². The summed E-state index contributed by atoms with van der Waals surface area (Å²) in [6.45, 7) is 5.18. The number of amides is 1. The lowest BCUT2D eigenvalue weighted by Crippen LogP contribution is -2.49. The summed E-state index contributed by atoms with van der Waals surface area (Å²) >= 11 is 0. The zero-order valence-corrected chi connectivity index (χ0v) is 23.2. The van der Waals surface area contributed by atoms with E-state index in [2.05, 4.69) is 0 Å². The fourth-order valence-corrected chi connectivity index (χ4v) is 5.16. The second kappa shape index (κ2) is 11.3. The Morgan fingerprint density at radius 1 is 1.11 bits per heavy atom. The standard InChI is InChI=1S/C28H35FN2O6S/c1-27(2,37-4)13-6-7-19-8-10-22(24(29)17-19)20-9-11-23-21(18-20)12-15-31(25(23)32)16-14-28(3,26(33)30-34)38(5,35)36/h8-12,15,17-18,34H,6-7,13-14,16H2,1-5H3,(H,30,33)/t28-/m1/s1. The first-order valence-corrected chi connectivity index (χ1v) is 14.2. The van der Waals surface area contributed by atoms with Gasteiger partial charge in [0.1, 0.15) is 5.82 Å². The van der Waals surface area contributed by atoms with Crippen molar-refractivity contribution in [1.82, 2.24) is 10.0 Å². The van der Waals surface area contributed by atoms with Gasteiger partial charge in [-0.05, 0) is 87.2 Å². The highest BCUT2D eigenvalue weighted by Gasteiger charge is 2.43. The van der Waals surface area contributed by atoms with E-state index in [-0.39, 0.29) is 29.9 Å². The molecule has 1 amide bonds. The fourth-order valence-electron chi connectivity index (χ4n) is 4.32. The lowest BCUT2D eigenvalue weighted by molar-refractivity contribution is -0.131. The molecule has 0 unspecified atom stereocenters. The topological polar surface area (TPSA) is 115 Å². The third-order valence-electron chi connectivity index (χ3n) is 7.35. The highest BCUT2D eigenvalue weighted by molar-refractivity contribution is 7.92. The summed E-state index contributed by atoms with van der Waals surface area (Å²) in [7, 11) is -2.21. The van der Waals surface area contributed by atoms with Gasteiger partial charge in [-0.15, -0.1) is 0 Å². The number of ether oxygens (including phenoxy) is 1. The van der Waals surface area contributed by atoms with Crippen LogP contribution in [0.5, 0.6) is 0 Å². The Bertz CT molecular complexity index is 1500. The normalized spacial score (nSPS) is 13.9. The number of hydroxylamine groups is 1. The van der Waals surface area contributed by atoms with Gasteiger partial charge in [0, 0.05) is 37.1 Å². The molecule has 0 fully saturated rings. The molecule has 2 N–H and O–H groups in total. The van der Waals surface area contributed by atoms with Gasteiger partial charge in [0.2, 0.25) is 0 Å². The van der Waals surface area contributed by atoms with E-state index in [0.717, 1.165) is 31.1 Å². The smallest absolute Gasteiger partial charge is 0.264 e. The molecule has 1 atom stereocenters. The van der Waals surface area contributed by atoms with Crippen LogP contribution in [-0.4, -0.2) is 47.8 Å². The molecule has 206 valence electrons. The molecule has 0 saturated heterocycles. The van der Waals surface area contributed by atoms with Gasteiger partial charge in [0.25, 0.3) is 11.5 Å². The Hall–Kier alpha value is -3.08. The first kappa shape index (κ1) is 29.5. The van der Waals surface area contributed by atoms with E-state index in [4.69, 9.17) is 9.94 Å². The Kier molecular flexibility index (Phi) is 8.80. The van der Waals surface area contributed by atoms with Crippen molar-refractivity contribution in [1.29, 1.82) is 0 Å². The molecule has 8 nitrogen and oxygen atoms in total. The first-order chi connectivity index (χ1) is 17.7. The predicted octanol–water partition coefficient (Wildman–Crippen LogP) is 4.25. The molecule has 0 radical (unpaired) electrons. The van der Waals surface area contributed by atoms with E-state index in [1.807, 2.05) is 19.9 Å². The van der Waals surface area contributed by atoms with Crippen LogP contribution in [0.2, 0.25) is 0 Å². The number of rotatable bonds is 11. The highest BCUT2D eigenvalue weighted by Crippen LogP contribution is 2.28. The third-order valence-corrected chi connectivity index (χ3v) is 9.37. The monoisotopic (exact) mass is 546 g/mol. The zero-order valence-electron chi connectivity index (χ0n) is 22.4. The van der Waals surface area contributed by atoms with Gasteiger partial charge in [-0.3, -0.25) is 14.8 Å². The number of nitrogens with one attached hydrogen (secondary N) is 1. The minimum absolute atomic E-state index is 0.0643. The van der Waals surface area contributed by atoms with Gasteiger partial charge in [-0.2, -0.15) is 0 Å². The number of aromatic nitrogens is 1. The lowest BCUT2D eigenvalue weighted by atomic mass is 9.96. The third kappa shape index (κ3) is 6.31. The summed E-state index contributed by atoms with van der Waals surface area (Å²) < 4.78 is 44.3. The van der Waals surface area contributed by atoms with Crippen molar-refractivity contribution in [2.24, 2.45) is 0 Å². The van der Waals surface area contributed by atoms with E-state index in [9.17, 15) is 18.0 Å². The molecule has 1 aromatic heterocycles. The van der Waals surface area contributed by atoms with E-state index >= 15 is 4.39 Å². The molecule has 1 heterocycles. The number of hydrogen-bond donors (Lipinski definition) is 2. The number of fused-ring (bicyclic) bond motifs is 1. The van der Waals surface area contributed by atoms with Crippen LogP contribution in [-0.2, 0) is 32.3 Å². The molecule has 0 aliphatic carbocycles. The maximum absolute atomic E-state index is 15.0. The number of aryl methyl sites for hydroxylation is 2. The number of methoxy groups -OCH3 is 1. The van der Waals surface area contributed by atoms with Crippen LogP contribution in [0.15, 0.2) is 53.5 Å². The molecule has 0 spiro atoms. The Morgan fingerprint density at radius 2 is 1.82 bits per heavy atom. The Balaban J connectivity index is 1.82. The highest BCUT2D eigenvalue weighted by atomic mass is 32.2. The quantitative estimate of drug-likeness (QED) is 0.274. The van der Waals surface area contributed by atoms with Crippen LogP contribution in [0, 0.1) is 5.82 Å². The summed E-state index contributed by atoms with van der Waals surface area (Å²) in [5.74, 6) is -1.41. The van der Waals surface area contributed by atoms with Gasteiger partial charge in [-0.1, -0.05) is 18.2 Å². The molecular weight excluding hydrogens is 511 g/mol. The second-order valence-electron chi connectivity index (χ2n) is 10.4. The zero-order chi connectivity index (χ0) is 28.3.